The van der Waals surface area contributed by atoms with Gasteiger partial charge in [0, 0.05) is 12.6 Å². The molecule has 146 valence electrons. The molecule has 1 aromatic heterocycles. The minimum Gasteiger partial charge on any atom is -0.492 e. The number of para-hydroxylation sites is 2. The summed E-state index contributed by atoms with van der Waals surface area (Å²) in [6.07, 6.45) is 0. The topological polar surface area (TPSA) is 80.9 Å². The summed E-state index contributed by atoms with van der Waals surface area (Å²) >= 11 is 0. The predicted molar refractivity (Wildman–Crippen MR) is 101 cm³/mol. The Hall–Kier alpha value is -3.42. The van der Waals surface area contributed by atoms with Gasteiger partial charge in [0.2, 0.25) is 5.75 Å². The second-order valence-corrected chi connectivity index (χ2v) is 6.42. The summed E-state index contributed by atoms with van der Waals surface area (Å²) in [7, 11) is 6.19. The Balaban J connectivity index is 2.02. The van der Waals surface area contributed by atoms with Crippen molar-refractivity contribution in [1.29, 1.82) is 0 Å². The van der Waals surface area contributed by atoms with Crippen molar-refractivity contribution in [3.05, 3.63) is 51.4 Å². The monoisotopic (exact) mass is 384 g/mol. The second kappa shape index (κ2) is 6.63. The molecule has 4 rings (SSSR count). The van der Waals surface area contributed by atoms with Crippen LogP contribution in [0.4, 0.5) is 0 Å². The molecule has 2 aromatic carbocycles. The van der Waals surface area contributed by atoms with Crippen molar-refractivity contribution in [2.45, 2.75) is 13.2 Å². The van der Waals surface area contributed by atoms with Crippen molar-refractivity contribution in [1.82, 2.24) is 9.13 Å². The highest BCUT2D eigenvalue weighted by atomic mass is 16.5. The number of rotatable bonds is 5. The highest BCUT2D eigenvalue weighted by molar-refractivity contribution is 5.98. The summed E-state index contributed by atoms with van der Waals surface area (Å²) in [6.45, 7) is 0.205. The Bertz CT molecular complexity index is 1160. The maximum absolute atomic E-state index is 12.9. The molecule has 0 bridgehead atoms. The SMILES string of the molecule is COc1c2c(c(Cn3c(=O)n(C)c4ccccc43)c(OC)c1OC)C(=O)OC2. The lowest BCUT2D eigenvalue weighted by Gasteiger charge is -2.19. The number of fused-ring (bicyclic) bond motifs is 2. The van der Waals surface area contributed by atoms with Gasteiger partial charge in [0.25, 0.3) is 0 Å². The molecule has 0 radical (unpaired) electrons. The van der Waals surface area contributed by atoms with E-state index in [9.17, 15) is 9.59 Å². The first-order chi connectivity index (χ1) is 13.5. The van der Waals surface area contributed by atoms with E-state index in [0.29, 0.717) is 33.9 Å². The highest BCUT2D eigenvalue weighted by Crippen LogP contribution is 2.48. The Morgan fingerprint density at radius 1 is 0.964 bits per heavy atom. The number of carbonyl (C=O) groups is 1. The number of aryl methyl sites for hydroxylation is 1. The van der Waals surface area contributed by atoms with Gasteiger partial charge in [-0.1, -0.05) is 12.1 Å². The van der Waals surface area contributed by atoms with Crippen molar-refractivity contribution in [2.24, 2.45) is 7.05 Å². The van der Waals surface area contributed by atoms with Crippen LogP contribution >= 0.6 is 0 Å². The third-order valence-corrected chi connectivity index (χ3v) is 5.10. The average Bonchev–Trinajstić information content (AvgIpc) is 3.21. The lowest BCUT2D eigenvalue weighted by Crippen LogP contribution is -2.24. The number of hydrogen-bond donors (Lipinski definition) is 0. The molecule has 8 nitrogen and oxygen atoms in total. The zero-order chi connectivity index (χ0) is 20.0. The smallest absolute Gasteiger partial charge is 0.339 e. The molecule has 0 saturated carbocycles. The van der Waals surface area contributed by atoms with Crippen molar-refractivity contribution in [3.8, 4) is 17.2 Å². The van der Waals surface area contributed by atoms with Crippen LogP contribution in [0.3, 0.4) is 0 Å². The van der Waals surface area contributed by atoms with Crippen LogP contribution in [0.5, 0.6) is 17.2 Å². The number of hydrogen-bond acceptors (Lipinski definition) is 6. The summed E-state index contributed by atoms with van der Waals surface area (Å²) in [5, 5.41) is 0. The number of aromatic nitrogens is 2. The molecule has 28 heavy (non-hydrogen) atoms. The molecule has 0 amide bonds. The van der Waals surface area contributed by atoms with E-state index in [-0.39, 0.29) is 18.8 Å². The molecular weight excluding hydrogens is 364 g/mol. The predicted octanol–water partition coefficient (Wildman–Crippen LogP) is 2.08. The Kier molecular flexibility index (Phi) is 4.26. The van der Waals surface area contributed by atoms with Crippen molar-refractivity contribution in [3.63, 3.8) is 0 Å². The third kappa shape index (κ3) is 2.37. The van der Waals surface area contributed by atoms with Crippen LogP contribution in [-0.2, 0) is 24.9 Å². The molecular formula is C20H20N2O6. The van der Waals surface area contributed by atoms with Gasteiger partial charge in [0.05, 0.1) is 50.0 Å². The molecule has 3 aromatic rings. The fraction of sp³-hybridized carbons (Fsp3) is 0.300. The third-order valence-electron chi connectivity index (χ3n) is 5.10. The number of esters is 1. The summed E-state index contributed by atoms with van der Waals surface area (Å²) in [4.78, 5) is 25.4. The number of carbonyl (C=O) groups excluding carboxylic acids is 1. The van der Waals surface area contributed by atoms with Gasteiger partial charge >= 0.3 is 11.7 Å². The Morgan fingerprint density at radius 2 is 1.61 bits per heavy atom. The molecule has 0 fully saturated rings. The average molecular weight is 384 g/mol. The Morgan fingerprint density at radius 3 is 2.25 bits per heavy atom. The van der Waals surface area contributed by atoms with E-state index in [1.165, 1.54) is 21.3 Å². The molecule has 0 atom stereocenters. The molecule has 1 aliphatic heterocycles. The van der Waals surface area contributed by atoms with E-state index < -0.39 is 5.97 Å². The molecule has 0 unspecified atom stereocenters. The summed E-state index contributed by atoms with van der Waals surface area (Å²) in [5.74, 6) is 0.633. The maximum atomic E-state index is 12.9. The number of imidazole rings is 1. The number of benzene rings is 2. The van der Waals surface area contributed by atoms with Crippen LogP contribution in [0, 0.1) is 0 Å². The molecule has 1 aliphatic rings. The van der Waals surface area contributed by atoms with E-state index in [2.05, 4.69) is 0 Å². The van der Waals surface area contributed by atoms with Gasteiger partial charge in [0.15, 0.2) is 11.5 Å². The van der Waals surface area contributed by atoms with Gasteiger partial charge in [0.1, 0.15) is 6.61 Å². The molecule has 2 heterocycles. The second-order valence-electron chi connectivity index (χ2n) is 6.42. The van der Waals surface area contributed by atoms with E-state index in [0.717, 1.165) is 11.0 Å². The van der Waals surface area contributed by atoms with Crippen LogP contribution < -0.4 is 19.9 Å². The van der Waals surface area contributed by atoms with Crippen LogP contribution in [0.2, 0.25) is 0 Å². The van der Waals surface area contributed by atoms with Crippen LogP contribution in [0.15, 0.2) is 29.1 Å². The van der Waals surface area contributed by atoms with Crippen molar-refractivity contribution < 1.29 is 23.7 Å². The molecule has 0 saturated heterocycles. The standard InChI is InChI=1S/C20H20N2O6/c1-21-13-7-5-6-8-14(13)22(20(21)24)9-11-15-12(10-28-19(15)23)17(26-3)18(27-4)16(11)25-2/h5-8H,9-10H2,1-4H3. The van der Waals surface area contributed by atoms with Gasteiger partial charge in [-0.2, -0.15) is 0 Å². The van der Waals surface area contributed by atoms with E-state index >= 15 is 0 Å². The zero-order valence-electron chi connectivity index (χ0n) is 16.1. The minimum atomic E-state index is -0.475. The Labute approximate surface area is 160 Å². The first-order valence-electron chi connectivity index (χ1n) is 8.68. The summed E-state index contributed by atoms with van der Waals surface area (Å²) in [6, 6.07) is 7.47. The molecule has 8 heteroatoms. The van der Waals surface area contributed by atoms with Crippen LogP contribution in [0.1, 0.15) is 21.5 Å². The molecule has 0 N–H and O–H groups in total. The largest absolute Gasteiger partial charge is 0.492 e. The first-order valence-corrected chi connectivity index (χ1v) is 8.68. The van der Waals surface area contributed by atoms with Gasteiger partial charge in [-0.15, -0.1) is 0 Å². The lowest BCUT2D eigenvalue weighted by atomic mass is 9.99. The number of nitrogens with zero attached hydrogens (tertiary/aromatic N) is 2. The van der Waals surface area contributed by atoms with E-state index in [4.69, 9.17) is 18.9 Å². The lowest BCUT2D eigenvalue weighted by molar-refractivity contribution is 0.0533. The fourth-order valence-electron chi connectivity index (χ4n) is 3.82. The normalized spacial score (nSPS) is 12.8. The van der Waals surface area contributed by atoms with Crippen LogP contribution in [0.25, 0.3) is 11.0 Å². The van der Waals surface area contributed by atoms with E-state index in [1.54, 1.807) is 16.2 Å². The van der Waals surface area contributed by atoms with Gasteiger partial charge in [-0.3, -0.25) is 9.13 Å². The number of ether oxygens (including phenoxy) is 4. The summed E-state index contributed by atoms with van der Waals surface area (Å²) < 4.78 is 25.0. The van der Waals surface area contributed by atoms with Crippen molar-refractivity contribution >= 4 is 17.0 Å². The quantitative estimate of drug-likeness (QED) is 0.627. The zero-order valence-corrected chi connectivity index (χ0v) is 16.1. The van der Waals surface area contributed by atoms with Crippen LogP contribution in [-0.4, -0.2) is 36.4 Å². The molecule has 0 spiro atoms. The maximum Gasteiger partial charge on any atom is 0.339 e. The minimum absolute atomic E-state index is 0.0785. The highest BCUT2D eigenvalue weighted by Gasteiger charge is 2.35. The van der Waals surface area contributed by atoms with Gasteiger partial charge in [-0.25, -0.2) is 9.59 Å². The fourth-order valence-corrected chi connectivity index (χ4v) is 3.82. The van der Waals surface area contributed by atoms with Gasteiger partial charge < -0.3 is 18.9 Å². The first kappa shape index (κ1) is 18.0. The molecule has 0 aliphatic carbocycles. The van der Waals surface area contributed by atoms with Crippen molar-refractivity contribution in [2.75, 3.05) is 21.3 Å². The van der Waals surface area contributed by atoms with E-state index in [1.807, 2.05) is 24.3 Å². The van der Waals surface area contributed by atoms with Gasteiger partial charge in [-0.05, 0) is 12.1 Å². The number of methoxy groups -OCH3 is 3. The summed E-state index contributed by atoms with van der Waals surface area (Å²) in [5.41, 5.74) is 2.83. The number of cyclic esters (lactones) is 1.